The van der Waals surface area contributed by atoms with Crippen molar-refractivity contribution in [1.82, 2.24) is 14.5 Å². The van der Waals surface area contributed by atoms with Crippen molar-refractivity contribution in [2.24, 2.45) is 0 Å². The van der Waals surface area contributed by atoms with Gasteiger partial charge in [-0.3, -0.25) is 18.9 Å². The standard InChI is InChI=1S/C13H15ClFN4O14P3/c14-2-1-13(22)8(20)6(4-30-35(26,27)33-36(28,29)32-34(23,24)25)31-11(13)19-3-5(15)7-9(19)17-12(16)18-10(7)21/h3,6,8,11,20,22H,4H2,(H,26,27)(H,28,29)(H2,23,24,25)(H3,16,17,18,21)/t6-,8+,11-,13?/m1/s1. The van der Waals surface area contributed by atoms with Gasteiger partial charge in [-0.1, -0.05) is 0 Å². The summed E-state index contributed by atoms with van der Waals surface area (Å²) >= 11 is 5.35. The molecule has 1 aliphatic rings. The third-order valence-electron chi connectivity index (χ3n) is 4.46. The first kappa shape index (κ1) is 28.9. The molecular formula is C13H15ClFN4O14P3. The van der Waals surface area contributed by atoms with Crippen molar-refractivity contribution in [3.8, 4) is 11.3 Å². The lowest BCUT2D eigenvalue weighted by molar-refractivity contribution is -0.0717. The average molecular weight is 599 g/mol. The third-order valence-corrected chi connectivity index (χ3v) is 8.35. The molecule has 0 radical (unpaired) electrons. The van der Waals surface area contributed by atoms with E-state index in [1.807, 2.05) is 5.92 Å². The quantitative estimate of drug-likeness (QED) is 0.133. The molecule has 1 aliphatic heterocycles. The minimum Gasteiger partial charge on any atom is -0.386 e. The number of anilines is 1. The van der Waals surface area contributed by atoms with Gasteiger partial charge in [0, 0.05) is 11.6 Å². The van der Waals surface area contributed by atoms with Crippen molar-refractivity contribution in [3.05, 3.63) is 22.4 Å². The van der Waals surface area contributed by atoms with E-state index in [4.69, 9.17) is 31.9 Å². The molecule has 1 fully saturated rings. The minimum atomic E-state index is -5.83. The van der Waals surface area contributed by atoms with Crippen LogP contribution in [0.5, 0.6) is 0 Å². The molecule has 200 valence electrons. The number of halogens is 2. The number of phosphoric ester groups is 1. The second-order valence-corrected chi connectivity index (χ2v) is 11.5. The number of hydrogen-bond acceptors (Lipinski definition) is 12. The molecule has 0 amide bonds. The number of nitrogens with one attached hydrogen (secondary N) is 1. The zero-order valence-corrected chi connectivity index (χ0v) is 20.5. The van der Waals surface area contributed by atoms with Gasteiger partial charge >= 0.3 is 23.5 Å². The average Bonchev–Trinajstić information content (AvgIpc) is 3.12. The number of phosphoric acid groups is 3. The van der Waals surface area contributed by atoms with Crippen LogP contribution in [0.15, 0.2) is 11.0 Å². The highest BCUT2D eigenvalue weighted by Crippen LogP contribution is 2.66. The van der Waals surface area contributed by atoms with Crippen LogP contribution in [-0.2, 0) is 31.6 Å². The van der Waals surface area contributed by atoms with E-state index in [0.29, 0.717) is 6.20 Å². The summed E-state index contributed by atoms with van der Waals surface area (Å²) in [6, 6.07) is 0. The molecule has 3 rings (SSSR count). The van der Waals surface area contributed by atoms with Gasteiger partial charge in [0.05, 0.1) is 6.61 Å². The first-order valence-electron chi connectivity index (χ1n) is 8.92. The monoisotopic (exact) mass is 598 g/mol. The molecular weight excluding hydrogens is 584 g/mol. The fraction of sp³-hybridized carbons (Fsp3) is 0.385. The number of H-pyrrole nitrogens is 1. The molecule has 0 bridgehead atoms. The Morgan fingerprint density at radius 2 is 1.92 bits per heavy atom. The Bertz CT molecular complexity index is 1450. The number of ether oxygens (including phenoxy) is 1. The number of rotatable bonds is 8. The van der Waals surface area contributed by atoms with E-state index in [2.05, 4.69) is 23.1 Å². The lowest BCUT2D eigenvalue weighted by Gasteiger charge is -2.26. The third kappa shape index (κ3) is 6.05. The van der Waals surface area contributed by atoms with Crippen LogP contribution >= 0.6 is 35.1 Å². The van der Waals surface area contributed by atoms with E-state index in [0.717, 1.165) is 4.57 Å². The van der Waals surface area contributed by atoms with Crippen LogP contribution in [-0.4, -0.2) is 68.7 Å². The molecule has 2 aromatic rings. The smallest absolute Gasteiger partial charge is 0.386 e. The Morgan fingerprint density at radius 3 is 2.50 bits per heavy atom. The molecule has 2 aromatic heterocycles. The molecule has 0 spiro atoms. The highest BCUT2D eigenvalue weighted by Gasteiger charge is 2.57. The predicted molar refractivity (Wildman–Crippen MR) is 113 cm³/mol. The number of hydrogen-bond donors (Lipinski definition) is 8. The Balaban J connectivity index is 1.91. The summed E-state index contributed by atoms with van der Waals surface area (Å²) in [6.07, 6.45) is -5.20. The minimum absolute atomic E-state index is 0.457. The number of aromatic amines is 1. The van der Waals surface area contributed by atoms with Gasteiger partial charge in [0.25, 0.3) is 5.56 Å². The van der Waals surface area contributed by atoms with E-state index >= 15 is 0 Å². The summed E-state index contributed by atoms with van der Waals surface area (Å²) in [4.78, 5) is 53.7. The molecule has 1 saturated heterocycles. The maximum Gasteiger partial charge on any atom is 0.490 e. The summed E-state index contributed by atoms with van der Waals surface area (Å²) in [6.45, 7) is -1.20. The molecule has 3 heterocycles. The van der Waals surface area contributed by atoms with Crippen molar-refractivity contribution in [1.29, 1.82) is 0 Å². The van der Waals surface area contributed by atoms with Crippen LogP contribution < -0.4 is 11.3 Å². The summed E-state index contributed by atoms with van der Waals surface area (Å²) in [5.41, 5.74) is 1.32. The number of nitrogens with zero attached hydrogens (tertiary/aromatic N) is 2. The molecule has 3 unspecified atom stereocenters. The SMILES string of the molecule is Nc1nc2c(c(F)cn2[C@@H]2O[C@H](COP(=O)(O)OP(=O)(O)OP(=O)(O)O)[C@H](O)C2(O)C#CCl)c(=O)[nH]1. The fourth-order valence-corrected chi connectivity index (χ4v) is 6.35. The van der Waals surface area contributed by atoms with Gasteiger partial charge < -0.3 is 40.3 Å². The van der Waals surface area contributed by atoms with Gasteiger partial charge in [0.2, 0.25) is 11.5 Å². The predicted octanol–water partition coefficient (Wildman–Crippen LogP) is -1.02. The van der Waals surface area contributed by atoms with Gasteiger partial charge in [0.1, 0.15) is 17.6 Å². The Hall–Kier alpha value is -1.71. The molecule has 0 aliphatic carbocycles. The van der Waals surface area contributed by atoms with Gasteiger partial charge in [0.15, 0.2) is 17.7 Å². The van der Waals surface area contributed by atoms with Crippen molar-refractivity contribution >= 4 is 52.1 Å². The Kier molecular flexibility index (Phi) is 7.91. The number of fused-ring (bicyclic) bond motifs is 1. The van der Waals surface area contributed by atoms with Crippen molar-refractivity contribution < 1.29 is 65.8 Å². The molecule has 9 N–H and O–H groups in total. The lowest BCUT2D eigenvalue weighted by Crippen LogP contribution is -2.46. The maximum atomic E-state index is 14.5. The Morgan fingerprint density at radius 1 is 1.28 bits per heavy atom. The molecule has 23 heteroatoms. The first-order chi connectivity index (χ1) is 16.4. The highest BCUT2D eigenvalue weighted by molar-refractivity contribution is 7.66. The second-order valence-electron chi connectivity index (χ2n) is 6.94. The molecule has 0 aromatic carbocycles. The normalized spacial score (nSPS) is 27.8. The van der Waals surface area contributed by atoms with Crippen LogP contribution in [0.2, 0.25) is 0 Å². The Labute approximate surface area is 202 Å². The summed E-state index contributed by atoms with van der Waals surface area (Å²) < 4.78 is 66.1. The van der Waals surface area contributed by atoms with Crippen molar-refractivity contribution in [3.63, 3.8) is 0 Å². The second kappa shape index (κ2) is 9.87. The van der Waals surface area contributed by atoms with Crippen molar-refractivity contribution in [2.75, 3.05) is 12.3 Å². The zero-order valence-electron chi connectivity index (χ0n) is 17.0. The van der Waals surface area contributed by atoms with E-state index in [1.54, 1.807) is 5.38 Å². The van der Waals surface area contributed by atoms with Crippen LogP contribution in [0.25, 0.3) is 11.0 Å². The fourth-order valence-electron chi connectivity index (χ4n) is 3.17. The lowest BCUT2D eigenvalue weighted by atomic mass is 9.95. The number of aliphatic hydroxyl groups is 2. The van der Waals surface area contributed by atoms with Crippen LogP contribution in [0.3, 0.4) is 0 Å². The summed E-state index contributed by atoms with van der Waals surface area (Å²) in [5.74, 6) is 0.411. The van der Waals surface area contributed by atoms with E-state index in [1.165, 1.54) is 0 Å². The topological polar surface area (TPSA) is 286 Å². The van der Waals surface area contributed by atoms with Crippen LogP contribution in [0.1, 0.15) is 6.23 Å². The molecule has 0 saturated carbocycles. The van der Waals surface area contributed by atoms with E-state index < -0.39 is 82.5 Å². The first-order valence-corrected chi connectivity index (χ1v) is 13.8. The summed E-state index contributed by atoms with van der Waals surface area (Å²) in [5, 5.41) is 22.7. The van der Waals surface area contributed by atoms with Gasteiger partial charge in [-0.15, -0.1) is 0 Å². The van der Waals surface area contributed by atoms with Gasteiger partial charge in [-0.05, 0) is 17.5 Å². The van der Waals surface area contributed by atoms with Crippen molar-refractivity contribution in [2.45, 2.75) is 24.0 Å². The molecule has 18 nitrogen and oxygen atoms in total. The molecule has 6 atom stereocenters. The van der Waals surface area contributed by atoms with Crippen LogP contribution in [0, 0.1) is 17.1 Å². The van der Waals surface area contributed by atoms with E-state index in [9.17, 15) is 42.9 Å². The molecule has 36 heavy (non-hydrogen) atoms. The zero-order chi connectivity index (χ0) is 27.3. The van der Waals surface area contributed by atoms with Gasteiger partial charge in [-0.25, -0.2) is 18.1 Å². The highest BCUT2D eigenvalue weighted by atomic mass is 35.5. The largest absolute Gasteiger partial charge is 0.490 e. The summed E-state index contributed by atoms with van der Waals surface area (Å²) in [7, 11) is -17.1. The number of nitrogens with two attached hydrogens (primary N) is 1. The van der Waals surface area contributed by atoms with Gasteiger partial charge in [-0.2, -0.15) is 13.6 Å². The van der Waals surface area contributed by atoms with E-state index in [-0.39, 0.29) is 0 Å². The number of aliphatic hydroxyl groups excluding tert-OH is 1. The maximum absolute atomic E-state index is 14.5. The number of aromatic nitrogens is 3. The van der Waals surface area contributed by atoms with Crippen LogP contribution in [0.4, 0.5) is 10.3 Å². The number of nitrogen functional groups attached to an aromatic ring is 1.